The summed E-state index contributed by atoms with van der Waals surface area (Å²) >= 11 is 0. The maximum Gasteiger partial charge on any atom is 0.0950 e. The molecule has 0 aromatic rings. The second kappa shape index (κ2) is 6.90. The van der Waals surface area contributed by atoms with Crippen LogP contribution in [0.2, 0.25) is 0 Å². The maximum atomic E-state index is 5.44. The molecule has 0 bridgehead atoms. The largest absolute Gasteiger partial charge is 0.369 e. The van der Waals surface area contributed by atoms with E-state index in [9.17, 15) is 0 Å². The lowest BCUT2D eigenvalue weighted by Crippen LogP contribution is -1.92. The zero-order chi connectivity index (χ0) is 10.2. The van der Waals surface area contributed by atoms with Crippen molar-refractivity contribution in [2.75, 3.05) is 0 Å². The summed E-state index contributed by atoms with van der Waals surface area (Å²) in [7, 11) is 0. The van der Waals surface area contributed by atoms with E-state index in [-0.39, 0.29) is 0 Å². The van der Waals surface area contributed by atoms with Gasteiger partial charge in [0.05, 0.1) is 12.2 Å². The molecule has 0 radical (unpaired) electrons. The van der Waals surface area contributed by atoms with Crippen LogP contribution >= 0.6 is 0 Å². The summed E-state index contributed by atoms with van der Waals surface area (Å²) in [6.07, 6.45) is 16.3. The molecule has 1 saturated heterocycles. The second-order valence-corrected chi connectivity index (χ2v) is 4.18. The van der Waals surface area contributed by atoms with E-state index in [0.717, 1.165) is 6.42 Å². The summed E-state index contributed by atoms with van der Waals surface area (Å²) in [6.45, 7) is 2.25. The van der Waals surface area contributed by atoms with Crippen LogP contribution in [0.4, 0.5) is 0 Å². The molecule has 0 aliphatic carbocycles. The standard InChI is InChI=1S/C13H22O/c1-3-5-6-7-8-9-11-13-12(14-13)10-4-2/h2,12-13H,3,5-11H2,1H3/t12-,13-/m1/s1. The van der Waals surface area contributed by atoms with Crippen LogP contribution in [0.25, 0.3) is 0 Å². The van der Waals surface area contributed by atoms with Gasteiger partial charge in [-0.15, -0.1) is 12.3 Å². The van der Waals surface area contributed by atoms with E-state index in [1.54, 1.807) is 0 Å². The number of epoxide rings is 1. The SMILES string of the molecule is C#CC[C@H]1O[C@@H]1CCCCCCCC. The van der Waals surface area contributed by atoms with Crippen molar-refractivity contribution in [2.45, 2.75) is 70.5 Å². The third-order valence-electron chi connectivity index (χ3n) is 2.85. The van der Waals surface area contributed by atoms with Gasteiger partial charge in [-0.2, -0.15) is 0 Å². The van der Waals surface area contributed by atoms with E-state index in [4.69, 9.17) is 11.2 Å². The molecule has 0 aromatic carbocycles. The molecular formula is C13H22O. The van der Waals surface area contributed by atoms with Crippen LogP contribution in [0.15, 0.2) is 0 Å². The van der Waals surface area contributed by atoms with Gasteiger partial charge in [-0.3, -0.25) is 0 Å². The molecule has 0 saturated carbocycles. The molecule has 0 amide bonds. The summed E-state index contributed by atoms with van der Waals surface area (Å²) in [5, 5.41) is 0. The Kier molecular flexibility index (Phi) is 5.71. The molecule has 1 nitrogen and oxygen atoms in total. The molecule has 80 valence electrons. The van der Waals surface area contributed by atoms with Crippen molar-refractivity contribution in [1.82, 2.24) is 0 Å². The normalized spacial score (nSPS) is 24.6. The monoisotopic (exact) mass is 194 g/mol. The summed E-state index contributed by atoms with van der Waals surface area (Å²) in [4.78, 5) is 0. The highest BCUT2D eigenvalue weighted by Gasteiger charge is 2.36. The molecule has 1 rings (SSSR count). The average Bonchev–Trinajstić information content (AvgIpc) is 2.91. The summed E-state index contributed by atoms with van der Waals surface area (Å²) in [6, 6.07) is 0. The Hall–Kier alpha value is -0.480. The van der Waals surface area contributed by atoms with Crippen molar-refractivity contribution >= 4 is 0 Å². The smallest absolute Gasteiger partial charge is 0.0950 e. The molecule has 1 heterocycles. The molecule has 1 fully saturated rings. The maximum absolute atomic E-state index is 5.44. The zero-order valence-electron chi connectivity index (χ0n) is 9.30. The van der Waals surface area contributed by atoms with Crippen molar-refractivity contribution in [3.05, 3.63) is 0 Å². The van der Waals surface area contributed by atoms with Crippen LogP contribution < -0.4 is 0 Å². The third kappa shape index (κ3) is 4.67. The van der Waals surface area contributed by atoms with Gasteiger partial charge >= 0.3 is 0 Å². The first-order valence-electron chi connectivity index (χ1n) is 5.97. The van der Waals surface area contributed by atoms with Crippen LogP contribution in [-0.2, 0) is 4.74 Å². The molecule has 0 N–H and O–H groups in total. The summed E-state index contributed by atoms with van der Waals surface area (Å²) < 4.78 is 5.44. The Balaban J connectivity index is 1.80. The zero-order valence-corrected chi connectivity index (χ0v) is 9.30. The molecule has 1 aliphatic rings. The van der Waals surface area contributed by atoms with Crippen LogP contribution in [-0.4, -0.2) is 12.2 Å². The highest BCUT2D eigenvalue weighted by Crippen LogP contribution is 2.29. The van der Waals surface area contributed by atoms with Gasteiger partial charge in [0.15, 0.2) is 0 Å². The van der Waals surface area contributed by atoms with Crippen LogP contribution in [0.1, 0.15) is 58.3 Å². The minimum Gasteiger partial charge on any atom is -0.369 e. The lowest BCUT2D eigenvalue weighted by atomic mass is 10.1. The summed E-state index contributed by atoms with van der Waals surface area (Å²) in [5.41, 5.74) is 0. The van der Waals surface area contributed by atoms with Crippen LogP contribution in [0.5, 0.6) is 0 Å². The van der Waals surface area contributed by atoms with E-state index in [1.165, 1.54) is 44.9 Å². The first kappa shape index (κ1) is 11.6. The predicted octanol–water partition coefficient (Wildman–Crippen LogP) is 3.53. The molecule has 0 aromatic heterocycles. The fraction of sp³-hybridized carbons (Fsp3) is 0.846. The number of ether oxygens (including phenoxy) is 1. The molecule has 1 heteroatoms. The highest BCUT2D eigenvalue weighted by molar-refractivity contribution is 4.96. The Bertz CT molecular complexity index is 180. The third-order valence-corrected chi connectivity index (χ3v) is 2.85. The van der Waals surface area contributed by atoms with E-state index in [1.807, 2.05) is 0 Å². The fourth-order valence-electron chi connectivity index (χ4n) is 1.85. The van der Waals surface area contributed by atoms with Gasteiger partial charge in [-0.25, -0.2) is 0 Å². The van der Waals surface area contributed by atoms with Gasteiger partial charge in [0.25, 0.3) is 0 Å². The van der Waals surface area contributed by atoms with Crippen molar-refractivity contribution in [3.8, 4) is 12.3 Å². The highest BCUT2D eigenvalue weighted by atomic mass is 16.6. The van der Waals surface area contributed by atoms with Gasteiger partial charge in [-0.05, 0) is 6.42 Å². The molecular weight excluding hydrogens is 172 g/mol. The molecule has 0 spiro atoms. The lowest BCUT2D eigenvalue weighted by Gasteiger charge is -1.98. The van der Waals surface area contributed by atoms with Gasteiger partial charge in [0.2, 0.25) is 0 Å². The minimum absolute atomic E-state index is 0.399. The van der Waals surface area contributed by atoms with Crippen molar-refractivity contribution in [3.63, 3.8) is 0 Å². The number of hydrogen-bond donors (Lipinski definition) is 0. The molecule has 14 heavy (non-hydrogen) atoms. The molecule has 0 unspecified atom stereocenters. The summed E-state index contributed by atoms with van der Waals surface area (Å²) in [5.74, 6) is 2.65. The average molecular weight is 194 g/mol. The Labute approximate surface area is 88.2 Å². The van der Waals surface area contributed by atoms with Crippen LogP contribution in [0, 0.1) is 12.3 Å². The first-order valence-corrected chi connectivity index (χ1v) is 5.97. The van der Waals surface area contributed by atoms with Crippen molar-refractivity contribution < 1.29 is 4.74 Å². The Morgan fingerprint density at radius 3 is 2.50 bits per heavy atom. The van der Waals surface area contributed by atoms with Gasteiger partial charge in [0, 0.05) is 6.42 Å². The Morgan fingerprint density at radius 2 is 1.79 bits per heavy atom. The molecule has 1 aliphatic heterocycles. The topological polar surface area (TPSA) is 12.5 Å². The van der Waals surface area contributed by atoms with E-state index in [2.05, 4.69) is 12.8 Å². The number of terminal acetylenes is 1. The van der Waals surface area contributed by atoms with Crippen molar-refractivity contribution in [1.29, 1.82) is 0 Å². The Morgan fingerprint density at radius 1 is 1.07 bits per heavy atom. The lowest BCUT2D eigenvalue weighted by molar-refractivity contribution is 0.359. The first-order chi connectivity index (χ1) is 6.88. The van der Waals surface area contributed by atoms with Crippen LogP contribution in [0.3, 0.4) is 0 Å². The predicted molar refractivity (Wildman–Crippen MR) is 60.1 cm³/mol. The quantitative estimate of drug-likeness (QED) is 0.327. The fourth-order valence-corrected chi connectivity index (χ4v) is 1.85. The number of hydrogen-bond acceptors (Lipinski definition) is 1. The van der Waals surface area contributed by atoms with Crippen molar-refractivity contribution in [2.24, 2.45) is 0 Å². The van der Waals surface area contributed by atoms with E-state index in [0.29, 0.717) is 12.2 Å². The van der Waals surface area contributed by atoms with E-state index >= 15 is 0 Å². The number of rotatable bonds is 8. The second-order valence-electron chi connectivity index (χ2n) is 4.18. The molecule has 2 atom stereocenters. The van der Waals surface area contributed by atoms with Gasteiger partial charge < -0.3 is 4.74 Å². The minimum atomic E-state index is 0.399. The van der Waals surface area contributed by atoms with Gasteiger partial charge in [-0.1, -0.05) is 45.4 Å². The van der Waals surface area contributed by atoms with E-state index < -0.39 is 0 Å². The van der Waals surface area contributed by atoms with Gasteiger partial charge in [0.1, 0.15) is 0 Å². The number of unbranched alkanes of at least 4 members (excludes halogenated alkanes) is 5.